The quantitative estimate of drug-likeness (QED) is 0.694. The molecule has 3 N–H and O–H groups in total. The van der Waals surface area contributed by atoms with Crippen LogP contribution in [0.25, 0.3) is 21.8 Å². The van der Waals surface area contributed by atoms with Crippen LogP contribution in [0.3, 0.4) is 0 Å². The van der Waals surface area contributed by atoms with Gasteiger partial charge in [-0.1, -0.05) is 26.0 Å². The van der Waals surface area contributed by atoms with Gasteiger partial charge in [-0.15, -0.1) is 0 Å². The highest BCUT2D eigenvalue weighted by atomic mass is 16.4. The first-order valence-corrected chi connectivity index (χ1v) is 8.58. The van der Waals surface area contributed by atoms with Crippen LogP contribution in [-0.4, -0.2) is 27.0 Å². The number of nitrogens with two attached hydrogens (primary N) is 1. The lowest BCUT2D eigenvalue weighted by molar-refractivity contribution is -0.137. The van der Waals surface area contributed by atoms with E-state index in [2.05, 4.69) is 21.8 Å². The van der Waals surface area contributed by atoms with E-state index in [9.17, 15) is 9.59 Å². The molecule has 0 aliphatic rings. The van der Waals surface area contributed by atoms with E-state index in [1.807, 2.05) is 38.1 Å². The molecule has 2 heterocycles. The van der Waals surface area contributed by atoms with E-state index in [-0.39, 0.29) is 12.3 Å². The van der Waals surface area contributed by atoms with E-state index in [0.29, 0.717) is 6.42 Å². The Bertz CT molecular complexity index is 874. The molecule has 0 aliphatic heterocycles. The molecule has 0 aliphatic carbocycles. The van der Waals surface area contributed by atoms with E-state index in [1.54, 1.807) is 12.4 Å². The van der Waals surface area contributed by atoms with Crippen LogP contribution in [0.1, 0.15) is 39.2 Å². The van der Waals surface area contributed by atoms with Gasteiger partial charge in [0, 0.05) is 36.5 Å². The number of aryl methyl sites for hydroxylation is 1. The van der Waals surface area contributed by atoms with Gasteiger partial charge in [-0.3, -0.25) is 19.6 Å². The minimum absolute atomic E-state index is 0.187. The van der Waals surface area contributed by atoms with Crippen LogP contribution in [0, 0.1) is 0 Å². The number of benzene rings is 1. The number of fused-ring (bicyclic) bond motifs is 3. The van der Waals surface area contributed by atoms with Crippen molar-refractivity contribution in [2.75, 3.05) is 0 Å². The molecule has 0 bridgehead atoms. The molecule has 6 heteroatoms. The highest BCUT2D eigenvalue weighted by Gasteiger charge is 2.08. The number of pyridine rings is 2. The summed E-state index contributed by atoms with van der Waals surface area (Å²) in [6.45, 7) is 5.31. The van der Waals surface area contributed by atoms with Gasteiger partial charge in [0.1, 0.15) is 0 Å². The second kappa shape index (κ2) is 10.8. The number of hydrogen-bond donors (Lipinski definition) is 2. The predicted octanol–water partition coefficient (Wildman–Crippen LogP) is 3.71. The SMILES string of the molecule is CC.CC(N)=O.O=C(O)CCCc1cc2cccnc2c2ncccc12. The van der Waals surface area contributed by atoms with Crippen molar-refractivity contribution in [3.05, 3.63) is 48.3 Å². The summed E-state index contributed by atoms with van der Waals surface area (Å²) in [6.07, 6.45) is 5.08. The highest BCUT2D eigenvalue weighted by molar-refractivity contribution is 6.04. The molecule has 26 heavy (non-hydrogen) atoms. The lowest BCUT2D eigenvalue weighted by Gasteiger charge is -2.08. The molecule has 0 unspecified atom stereocenters. The minimum Gasteiger partial charge on any atom is -0.481 e. The van der Waals surface area contributed by atoms with Gasteiger partial charge in [0.15, 0.2) is 0 Å². The van der Waals surface area contributed by atoms with Crippen molar-refractivity contribution < 1.29 is 14.7 Å². The van der Waals surface area contributed by atoms with Crippen molar-refractivity contribution in [1.29, 1.82) is 0 Å². The average molecular weight is 355 g/mol. The average Bonchev–Trinajstić information content (AvgIpc) is 2.63. The Balaban J connectivity index is 0.000000500. The fourth-order valence-electron chi connectivity index (χ4n) is 2.49. The Morgan fingerprint density at radius 1 is 1.08 bits per heavy atom. The van der Waals surface area contributed by atoms with Gasteiger partial charge in [-0.2, -0.15) is 0 Å². The molecule has 3 aromatic rings. The van der Waals surface area contributed by atoms with Crippen LogP contribution >= 0.6 is 0 Å². The zero-order chi connectivity index (χ0) is 19.5. The third kappa shape index (κ3) is 6.12. The molecule has 0 atom stereocenters. The molecule has 1 aromatic carbocycles. The maximum Gasteiger partial charge on any atom is 0.303 e. The molecule has 0 fully saturated rings. The lowest BCUT2D eigenvalue weighted by atomic mass is 9.99. The fourth-order valence-corrected chi connectivity index (χ4v) is 2.49. The maximum absolute atomic E-state index is 10.6. The molecule has 0 radical (unpaired) electrons. The van der Waals surface area contributed by atoms with E-state index < -0.39 is 5.97 Å². The normalized spacial score (nSPS) is 9.65. The summed E-state index contributed by atoms with van der Waals surface area (Å²) in [5, 5.41) is 10.9. The van der Waals surface area contributed by atoms with Gasteiger partial charge in [0.2, 0.25) is 5.91 Å². The molecule has 2 aromatic heterocycles. The fraction of sp³-hybridized carbons (Fsp3) is 0.300. The van der Waals surface area contributed by atoms with Gasteiger partial charge >= 0.3 is 5.97 Å². The first-order valence-electron chi connectivity index (χ1n) is 8.58. The topological polar surface area (TPSA) is 106 Å². The molecular weight excluding hydrogens is 330 g/mol. The van der Waals surface area contributed by atoms with Crippen LogP contribution in [0.5, 0.6) is 0 Å². The number of primary amides is 1. The number of carbonyl (C=O) groups is 2. The van der Waals surface area contributed by atoms with Crippen molar-refractivity contribution >= 4 is 33.7 Å². The number of rotatable bonds is 4. The maximum atomic E-state index is 10.6. The van der Waals surface area contributed by atoms with Crippen molar-refractivity contribution in [1.82, 2.24) is 9.97 Å². The van der Waals surface area contributed by atoms with Gasteiger partial charge in [0.25, 0.3) is 0 Å². The van der Waals surface area contributed by atoms with Crippen molar-refractivity contribution in [2.24, 2.45) is 5.73 Å². The number of carboxylic acid groups (broad SMARTS) is 1. The molecule has 138 valence electrons. The van der Waals surface area contributed by atoms with Crippen LogP contribution in [0.4, 0.5) is 0 Å². The highest BCUT2D eigenvalue weighted by Crippen LogP contribution is 2.26. The van der Waals surface area contributed by atoms with Crippen LogP contribution in [-0.2, 0) is 16.0 Å². The van der Waals surface area contributed by atoms with E-state index in [1.165, 1.54) is 6.92 Å². The largest absolute Gasteiger partial charge is 0.481 e. The summed E-state index contributed by atoms with van der Waals surface area (Å²) in [5.41, 5.74) is 7.39. The molecule has 3 rings (SSSR count). The summed E-state index contributed by atoms with van der Waals surface area (Å²) in [4.78, 5) is 28.7. The van der Waals surface area contributed by atoms with Gasteiger partial charge < -0.3 is 10.8 Å². The Morgan fingerprint density at radius 3 is 2.27 bits per heavy atom. The molecule has 0 spiro atoms. The molecule has 0 saturated carbocycles. The third-order valence-electron chi connectivity index (χ3n) is 3.38. The Kier molecular flexibility index (Phi) is 8.70. The summed E-state index contributed by atoms with van der Waals surface area (Å²) in [7, 11) is 0. The molecule has 1 amide bonds. The number of amides is 1. The molecular formula is C20H25N3O3. The monoisotopic (exact) mass is 355 g/mol. The number of carboxylic acids is 1. The Morgan fingerprint density at radius 2 is 1.65 bits per heavy atom. The van der Waals surface area contributed by atoms with Crippen molar-refractivity contribution in [3.8, 4) is 0 Å². The smallest absolute Gasteiger partial charge is 0.303 e. The van der Waals surface area contributed by atoms with Crippen LogP contribution < -0.4 is 5.73 Å². The van der Waals surface area contributed by atoms with Crippen LogP contribution in [0.15, 0.2) is 42.7 Å². The summed E-state index contributed by atoms with van der Waals surface area (Å²) in [5.74, 6) is -1.09. The number of aromatic nitrogens is 2. The summed E-state index contributed by atoms with van der Waals surface area (Å²) < 4.78 is 0. The molecule has 6 nitrogen and oxygen atoms in total. The first kappa shape index (κ1) is 21.0. The minimum atomic E-state index is -0.755. The van der Waals surface area contributed by atoms with Gasteiger partial charge in [-0.25, -0.2) is 0 Å². The number of carbonyl (C=O) groups excluding carboxylic acids is 1. The zero-order valence-electron chi connectivity index (χ0n) is 15.4. The second-order valence-electron chi connectivity index (χ2n) is 5.37. The van der Waals surface area contributed by atoms with Crippen LogP contribution in [0.2, 0.25) is 0 Å². The van der Waals surface area contributed by atoms with E-state index >= 15 is 0 Å². The Hall–Kier alpha value is -3.02. The van der Waals surface area contributed by atoms with E-state index in [0.717, 1.165) is 33.8 Å². The predicted molar refractivity (Wildman–Crippen MR) is 104 cm³/mol. The lowest BCUT2D eigenvalue weighted by Crippen LogP contribution is -2.01. The summed E-state index contributed by atoms with van der Waals surface area (Å²) in [6, 6.07) is 9.92. The molecule has 0 saturated heterocycles. The standard InChI is InChI=1S/C16H14N2O2.C2H5NO.C2H6/c19-14(20)7-1-4-11-10-12-5-2-8-17-15(12)16-13(11)6-3-9-18-16;1-2(3)4;1-2/h2-3,5-6,8-10H,1,4,7H2,(H,19,20);1H3,(H2,3,4);1-2H3. The van der Waals surface area contributed by atoms with Crippen molar-refractivity contribution in [3.63, 3.8) is 0 Å². The zero-order valence-corrected chi connectivity index (χ0v) is 15.4. The van der Waals surface area contributed by atoms with Crippen molar-refractivity contribution in [2.45, 2.75) is 40.0 Å². The second-order valence-corrected chi connectivity index (χ2v) is 5.37. The first-order chi connectivity index (χ1) is 12.5. The number of aliphatic carboxylic acids is 1. The van der Waals surface area contributed by atoms with Gasteiger partial charge in [0.05, 0.1) is 11.0 Å². The van der Waals surface area contributed by atoms with E-state index in [4.69, 9.17) is 5.11 Å². The Labute approximate surface area is 153 Å². The number of nitrogens with zero attached hydrogens (tertiary/aromatic N) is 2. The summed E-state index contributed by atoms with van der Waals surface area (Å²) >= 11 is 0. The van der Waals surface area contributed by atoms with Gasteiger partial charge in [-0.05, 0) is 36.6 Å². The third-order valence-corrected chi connectivity index (χ3v) is 3.38. The number of hydrogen-bond acceptors (Lipinski definition) is 4.